The van der Waals surface area contributed by atoms with Gasteiger partial charge in [0.1, 0.15) is 5.60 Å². The SMILES string of the molecule is Cc1cc(N)ccc1C(=O)N1CCC(CNC(=O)OC(C)(C)C)CC1. The first-order valence-electron chi connectivity index (χ1n) is 8.78. The molecule has 1 heterocycles. The highest BCUT2D eigenvalue weighted by molar-refractivity contribution is 5.96. The number of carbonyl (C=O) groups is 2. The summed E-state index contributed by atoms with van der Waals surface area (Å²) >= 11 is 0. The van der Waals surface area contributed by atoms with Crippen LogP contribution in [0.25, 0.3) is 0 Å². The lowest BCUT2D eigenvalue weighted by Gasteiger charge is -2.32. The van der Waals surface area contributed by atoms with Crippen LogP contribution < -0.4 is 11.1 Å². The van der Waals surface area contributed by atoms with Gasteiger partial charge in [0.25, 0.3) is 5.91 Å². The fraction of sp³-hybridized carbons (Fsp3) is 0.579. The van der Waals surface area contributed by atoms with Crippen LogP contribution >= 0.6 is 0 Å². The smallest absolute Gasteiger partial charge is 0.407 e. The molecular formula is C19H29N3O3. The van der Waals surface area contributed by atoms with Crippen LogP contribution in [0.5, 0.6) is 0 Å². The number of hydrogen-bond donors (Lipinski definition) is 2. The van der Waals surface area contributed by atoms with Crippen molar-refractivity contribution in [3.8, 4) is 0 Å². The van der Waals surface area contributed by atoms with Crippen molar-refractivity contribution in [3.05, 3.63) is 29.3 Å². The Bertz CT molecular complexity index is 629. The summed E-state index contributed by atoms with van der Waals surface area (Å²) in [7, 11) is 0. The molecule has 1 aromatic rings. The normalized spacial score (nSPS) is 15.8. The summed E-state index contributed by atoms with van der Waals surface area (Å²) in [6, 6.07) is 5.38. The molecule has 1 fully saturated rings. The Kier molecular flexibility index (Phi) is 5.93. The van der Waals surface area contributed by atoms with Gasteiger partial charge in [-0.3, -0.25) is 4.79 Å². The molecular weight excluding hydrogens is 318 g/mol. The minimum absolute atomic E-state index is 0.0519. The van der Waals surface area contributed by atoms with E-state index in [0.29, 0.717) is 36.8 Å². The van der Waals surface area contributed by atoms with Gasteiger partial charge in [0.15, 0.2) is 0 Å². The fourth-order valence-corrected chi connectivity index (χ4v) is 2.98. The molecule has 138 valence electrons. The van der Waals surface area contributed by atoms with Crippen LogP contribution in [0.1, 0.15) is 49.5 Å². The summed E-state index contributed by atoms with van der Waals surface area (Å²) in [5.41, 5.74) is 7.54. The largest absolute Gasteiger partial charge is 0.444 e. The second-order valence-electron chi connectivity index (χ2n) is 7.69. The predicted molar refractivity (Wildman–Crippen MR) is 98.5 cm³/mol. The Labute approximate surface area is 149 Å². The molecule has 0 aliphatic carbocycles. The molecule has 2 rings (SSSR count). The molecule has 0 spiro atoms. The predicted octanol–water partition coefficient (Wildman–Crippen LogP) is 2.95. The van der Waals surface area contributed by atoms with Crippen molar-refractivity contribution in [1.29, 1.82) is 0 Å². The quantitative estimate of drug-likeness (QED) is 0.823. The average molecular weight is 347 g/mol. The van der Waals surface area contributed by atoms with E-state index in [9.17, 15) is 9.59 Å². The van der Waals surface area contributed by atoms with Gasteiger partial charge in [0.05, 0.1) is 0 Å². The molecule has 2 amide bonds. The van der Waals surface area contributed by atoms with Crippen LogP contribution in [-0.2, 0) is 4.74 Å². The van der Waals surface area contributed by atoms with Gasteiger partial charge in [-0.25, -0.2) is 4.79 Å². The van der Waals surface area contributed by atoms with Crippen molar-refractivity contribution in [2.45, 2.75) is 46.1 Å². The number of nitrogens with one attached hydrogen (secondary N) is 1. The molecule has 0 unspecified atom stereocenters. The Morgan fingerprint density at radius 2 is 1.92 bits per heavy atom. The third kappa shape index (κ3) is 5.66. The van der Waals surface area contributed by atoms with E-state index in [2.05, 4.69) is 5.32 Å². The number of benzene rings is 1. The van der Waals surface area contributed by atoms with E-state index in [-0.39, 0.29) is 12.0 Å². The molecule has 1 aliphatic heterocycles. The van der Waals surface area contributed by atoms with E-state index in [1.165, 1.54) is 0 Å². The number of piperidine rings is 1. The molecule has 0 radical (unpaired) electrons. The van der Waals surface area contributed by atoms with Crippen LogP contribution in [0.4, 0.5) is 10.5 Å². The molecule has 0 saturated carbocycles. The Morgan fingerprint density at radius 3 is 2.48 bits per heavy atom. The van der Waals surface area contributed by atoms with Gasteiger partial charge in [-0.2, -0.15) is 0 Å². The van der Waals surface area contributed by atoms with Crippen molar-refractivity contribution in [3.63, 3.8) is 0 Å². The van der Waals surface area contributed by atoms with E-state index in [4.69, 9.17) is 10.5 Å². The van der Waals surface area contributed by atoms with Crippen molar-refractivity contribution < 1.29 is 14.3 Å². The number of nitrogen functional groups attached to an aromatic ring is 1. The zero-order chi connectivity index (χ0) is 18.6. The summed E-state index contributed by atoms with van der Waals surface area (Å²) < 4.78 is 5.24. The first-order valence-corrected chi connectivity index (χ1v) is 8.78. The summed E-state index contributed by atoms with van der Waals surface area (Å²) in [6.45, 7) is 9.41. The maximum Gasteiger partial charge on any atom is 0.407 e. The second kappa shape index (κ2) is 7.76. The second-order valence-corrected chi connectivity index (χ2v) is 7.69. The zero-order valence-electron chi connectivity index (χ0n) is 15.6. The van der Waals surface area contributed by atoms with Gasteiger partial charge in [-0.1, -0.05) is 0 Å². The number of rotatable bonds is 3. The van der Waals surface area contributed by atoms with Gasteiger partial charge in [-0.15, -0.1) is 0 Å². The van der Waals surface area contributed by atoms with E-state index in [1.54, 1.807) is 12.1 Å². The molecule has 0 bridgehead atoms. The van der Waals surface area contributed by atoms with Crippen molar-refractivity contribution in [2.75, 3.05) is 25.4 Å². The number of nitrogens with two attached hydrogens (primary N) is 1. The van der Waals surface area contributed by atoms with Crippen LogP contribution in [0.2, 0.25) is 0 Å². The standard InChI is InChI=1S/C19H29N3O3/c1-13-11-15(20)5-6-16(13)17(23)22-9-7-14(8-10-22)12-21-18(24)25-19(2,3)4/h5-6,11,14H,7-10,12,20H2,1-4H3,(H,21,24). The highest BCUT2D eigenvalue weighted by atomic mass is 16.6. The third-order valence-electron chi connectivity index (χ3n) is 4.32. The monoisotopic (exact) mass is 347 g/mol. The van der Waals surface area contributed by atoms with Crippen molar-refractivity contribution >= 4 is 17.7 Å². The fourth-order valence-electron chi connectivity index (χ4n) is 2.98. The van der Waals surface area contributed by atoms with Crippen LogP contribution in [0, 0.1) is 12.8 Å². The Morgan fingerprint density at radius 1 is 1.28 bits per heavy atom. The van der Waals surface area contributed by atoms with E-state index in [1.807, 2.05) is 38.7 Å². The number of hydrogen-bond acceptors (Lipinski definition) is 4. The molecule has 3 N–H and O–H groups in total. The summed E-state index contributed by atoms with van der Waals surface area (Å²) in [4.78, 5) is 26.2. The molecule has 1 saturated heterocycles. The average Bonchev–Trinajstić information content (AvgIpc) is 2.51. The van der Waals surface area contributed by atoms with Gasteiger partial charge in [-0.05, 0) is 70.2 Å². The molecule has 1 aliphatic rings. The van der Waals surface area contributed by atoms with Crippen LogP contribution in [0.3, 0.4) is 0 Å². The highest BCUT2D eigenvalue weighted by Crippen LogP contribution is 2.21. The zero-order valence-corrected chi connectivity index (χ0v) is 15.6. The van der Waals surface area contributed by atoms with Gasteiger partial charge in [0.2, 0.25) is 0 Å². The molecule has 0 atom stereocenters. The van der Waals surface area contributed by atoms with E-state index < -0.39 is 5.60 Å². The Balaban J connectivity index is 1.81. The number of likely N-dealkylation sites (tertiary alicyclic amines) is 1. The van der Waals surface area contributed by atoms with Gasteiger partial charge in [0, 0.05) is 30.9 Å². The molecule has 0 aromatic heterocycles. The topological polar surface area (TPSA) is 84.7 Å². The number of aryl methyl sites for hydroxylation is 1. The minimum atomic E-state index is -0.489. The van der Waals surface area contributed by atoms with Gasteiger partial charge < -0.3 is 20.7 Å². The number of ether oxygens (including phenoxy) is 1. The van der Waals surface area contributed by atoms with Crippen LogP contribution in [-0.4, -0.2) is 42.1 Å². The molecule has 25 heavy (non-hydrogen) atoms. The Hall–Kier alpha value is -2.24. The van der Waals surface area contributed by atoms with Crippen molar-refractivity contribution in [1.82, 2.24) is 10.2 Å². The summed E-state index contributed by atoms with van der Waals surface area (Å²) in [6.07, 6.45) is 1.36. The minimum Gasteiger partial charge on any atom is -0.444 e. The van der Waals surface area contributed by atoms with Gasteiger partial charge >= 0.3 is 6.09 Å². The summed E-state index contributed by atoms with van der Waals surface area (Å²) in [5.74, 6) is 0.417. The molecule has 6 heteroatoms. The number of nitrogens with zero attached hydrogens (tertiary/aromatic N) is 1. The first-order chi connectivity index (χ1) is 11.7. The van der Waals surface area contributed by atoms with Crippen molar-refractivity contribution in [2.24, 2.45) is 5.92 Å². The molecule has 1 aromatic carbocycles. The lowest BCUT2D eigenvalue weighted by atomic mass is 9.96. The number of alkyl carbamates (subject to hydrolysis) is 1. The van der Waals surface area contributed by atoms with E-state index >= 15 is 0 Å². The highest BCUT2D eigenvalue weighted by Gasteiger charge is 2.25. The molecule has 6 nitrogen and oxygen atoms in total. The lowest BCUT2D eigenvalue weighted by molar-refractivity contribution is 0.0500. The maximum absolute atomic E-state index is 12.7. The summed E-state index contributed by atoms with van der Waals surface area (Å²) in [5, 5.41) is 2.82. The number of anilines is 1. The van der Waals surface area contributed by atoms with Crippen LogP contribution in [0.15, 0.2) is 18.2 Å². The maximum atomic E-state index is 12.7. The number of carbonyl (C=O) groups excluding carboxylic acids is 2. The first kappa shape index (κ1) is 19.1. The van der Waals surface area contributed by atoms with E-state index in [0.717, 1.165) is 18.4 Å². The lowest BCUT2D eigenvalue weighted by Crippen LogP contribution is -2.42. The third-order valence-corrected chi connectivity index (χ3v) is 4.32. The number of amides is 2.